The molecule has 0 aliphatic carbocycles. The fourth-order valence-corrected chi connectivity index (χ4v) is 7.81. The number of aliphatic hydroxyl groups is 1. The summed E-state index contributed by atoms with van der Waals surface area (Å²) in [6.07, 6.45) is 4.07. The van der Waals surface area contributed by atoms with Crippen molar-refractivity contribution in [2.24, 2.45) is 17.8 Å². The summed E-state index contributed by atoms with van der Waals surface area (Å²) in [7, 11) is 1.56. The van der Waals surface area contributed by atoms with Gasteiger partial charge in [0.1, 0.15) is 23.5 Å². The number of benzene rings is 2. The molecule has 50 heavy (non-hydrogen) atoms. The Morgan fingerprint density at radius 1 is 1.14 bits per heavy atom. The van der Waals surface area contributed by atoms with Crippen molar-refractivity contribution >= 4 is 29.4 Å². The molecule has 268 valence electrons. The summed E-state index contributed by atoms with van der Waals surface area (Å²) in [4.78, 5) is 59.5. The first-order chi connectivity index (χ1) is 24.1. The molecule has 11 nitrogen and oxygen atoms in total. The Labute approximate surface area is 294 Å². The predicted molar refractivity (Wildman–Crippen MR) is 188 cm³/mol. The van der Waals surface area contributed by atoms with Gasteiger partial charge in [-0.15, -0.1) is 13.2 Å². The topological polar surface area (TPSA) is 135 Å². The van der Waals surface area contributed by atoms with E-state index in [1.165, 1.54) is 4.90 Å². The van der Waals surface area contributed by atoms with Crippen LogP contribution in [0.4, 0.5) is 5.69 Å². The Morgan fingerprint density at radius 3 is 2.48 bits per heavy atom. The summed E-state index contributed by atoms with van der Waals surface area (Å²) >= 11 is 0. The molecule has 0 unspecified atom stereocenters. The largest absolute Gasteiger partial charge is 0.497 e. The number of ether oxygens (including phenoxy) is 3. The van der Waals surface area contributed by atoms with Crippen LogP contribution in [0.3, 0.4) is 0 Å². The Hall–Kier alpha value is -4.48. The third-order valence-corrected chi connectivity index (χ3v) is 10.5. The fourth-order valence-electron chi connectivity index (χ4n) is 7.81. The summed E-state index contributed by atoms with van der Waals surface area (Å²) < 4.78 is 18.1. The van der Waals surface area contributed by atoms with Crippen molar-refractivity contribution in [3.63, 3.8) is 0 Å². The smallest absolute Gasteiger partial charge is 0.313 e. The van der Waals surface area contributed by atoms with Gasteiger partial charge in [0.25, 0.3) is 5.91 Å². The molecule has 0 radical (unpaired) electrons. The Morgan fingerprint density at radius 2 is 1.86 bits per heavy atom. The highest BCUT2D eigenvalue weighted by Crippen LogP contribution is 2.59. The first-order valence-electron chi connectivity index (χ1n) is 17.5. The van der Waals surface area contributed by atoms with E-state index in [1.807, 2.05) is 44.2 Å². The highest BCUT2D eigenvalue weighted by Gasteiger charge is 2.76. The number of hydrogen-bond acceptors (Lipinski definition) is 8. The second-order valence-electron chi connectivity index (χ2n) is 13.3. The fraction of sp³-hybridized carbons (Fsp3) is 0.487. The van der Waals surface area contributed by atoms with E-state index in [1.54, 1.807) is 48.4 Å². The lowest BCUT2D eigenvalue weighted by Crippen LogP contribution is -2.60. The van der Waals surface area contributed by atoms with Crippen LogP contribution in [0.5, 0.6) is 5.75 Å². The molecule has 2 aromatic rings. The van der Waals surface area contributed by atoms with E-state index in [9.17, 15) is 24.3 Å². The molecular weight excluding hydrogens is 638 g/mol. The number of rotatable bonds is 17. The van der Waals surface area contributed by atoms with Gasteiger partial charge in [-0.1, -0.05) is 62.8 Å². The summed E-state index contributed by atoms with van der Waals surface area (Å²) in [5.74, 6) is -3.13. The number of fused-ring (bicyclic) bond motifs is 1. The van der Waals surface area contributed by atoms with Gasteiger partial charge in [-0.25, -0.2) is 0 Å². The van der Waals surface area contributed by atoms with E-state index in [-0.39, 0.29) is 43.8 Å². The van der Waals surface area contributed by atoms with Crippen LogP contribution in [0.25, 0.3) is 0 Å². The predicted octanol–water partition coefficient (Wildman–Crippen LogP) is 4.36. The van der Waals surface area contributed by atoms with Crippen LogP contribution in [-0.4, -0.2) is 84.3 Å². The van der Waals surface area contributed by atoms with E-state index >= 15 is 0 Å². The van der Waals surface area contributed by atoms with E-state index in [0.717, 1.165) is 0 Å². The lowest BCUT2D eigenvalue weighted by atomic mass is 9.70. The van der Waals surface area contributed by atoms with E-state index in [0.29, 0.717) is 42.7 Å². The minimum absolute atomic E-state index is 0.0416. The molecule has 0 saturated carbocycles. The van der Waals surface area contributed by atoms with Crippen LogP contribution in [0.1, 0.15) is 57.6 Å². The van der Waals surface area contributed by atoms with Crippen molar-refractivity contribution in [3.05, 3.63) is 85.5 Å². The minimum Gasteiger partial charge on any atom is -0.497 e. The zero-order chi connectivity index (χ0) is 36.0. The van der Waals surface area contributed by atoms with Crippen LogP contribution in [0.15, 0.2) is 79.9 Å². The highest BCUT2D eigenvalue weighted by molar-refractivity contribution is 6.05. The number of nitrogens with one attached hydrogen (secondary N) is 1. The standard InChI is InChI=1S/C39H49N3O8/c1-6-9-15-32(44)40-23-31(26-13-11-10-12-14-26)49-38(47)33-30-20-21-39(50-30)34(33)36(45)42(29(24-43)25(4)8-3)35(39)37(46)41(22-7-2)27-16-18-28(48-5)19-17-27/h6-7,10-14,16-19,25,29-31,33-35,43H,1-2,8-9,15,20-24H2,3-5H3,(H,40,44)/t25-,29-,30-,31-,33+,34+,35-,39+/m0/s1. The van der Waals surface area contributed by atoms with Crippen molar-refractivity contribution in [3.8, 4) is 5.75 Å². The molecule has 2 aromatic carbocycles. The molecule has 3 saturated heterocycles. The van der Waals surface area contributed by atoms with Crippen LogP contribution in [-0.2, 0) is 28.7 Å². The average Bonchev–Trinajstić information content (AvgIpc) is 3.79. The lowest BCUT2D eigenvalue weighted by molar-refractivity contribution is -0.161. The first-order valence-corrected chi connectivity index (χ1v) is 17.5. The zero-order valence-electron chi connectivity index (χ0n) is 29.2. The van der Waals surface area contributed by atoms with Gasteiger partial charge in [-0.05, 0) is 55.0 Å². The number of carbonyl (C=O) groups excluding carboxylic acids is 4. The number of likely N-dealkylation sites (tertiary alicyclic amines) is 1. The molecule has 2 bridgehead atoms. The van der Waals surface area contributed by atoms with Crippen molar-refractivity contribution in [1.29, 1.82) is 0 Å². The molecule has 3 aliphatic rings. The lowest BCUT2D eigenvalue weighted by Gasteiger charge is -2.40. The number of nitrogens with zero attached hydrogens (tertiary/aromatic N) is 2. The molecule has 3 amide bonds. The summed E-state index contributed by atoms with van der Waals surface area (Å²) in [5, 5.41) is 13.6. The highest BCUT2D eigenvalue weighted by atomic mass is 16.6. The summed E-state index contributed by atoms with van der Waals surface area (Å²) in [5.41, 5.74) is -0.0414. The van der Waals surface area contributed by atoms with E-state index in [2.05, 4.69) is 18.5 Å². The Bertz CT molecular complexity index is 1550. The number of methoxy groups -OCH3 is 1. The molecule has 3 aliphatic heterocycles. The van der Waals surface area contributed by atoms with Gasteiger partial charge in [0, 0.05) is 18.7 Å². The Kier molecular flexibility index (Phi) is 11.8. The van der Waals surface area contributed by atoms with Crippen molar-refractivity contribution in [2.45, 2.75) is 75.8 Å². The monoisotopic (exact) mass is 687 g/mol. The van der Waals surface area contributed by atoms with Crippen molar-refractivity contribution in [1.82, 2.24) is 10.2 Å². The number of anilines is 1. The van der Waals surface area contributed by atoms with Crippen molar-refractivity contribution < 1.29 is 38.5 Å². The molecule has 8 atom stereocenters. The second kappa shape index (κ2) is 16.0. The van der Waals surface area contributed by atoms with E-state index < -0.39 is 53.6 Å². The number of aliphatic hydroxyl groups excluding tert-OH is 1. The zero-order valence-corrected chi connectivity index (χ0v) is 29.2. The summed E-state index contributed by atoms with van der Waals surface area (Å²) in [6.45, 7) is 11.3. The van der Waals surface area contributed by atoms with Crippen LogP contribution < -0.4 is 15.0 Å². The molecule has 1 spiro atoms. The van der Waals surface area contributed by atoms with Gasteiger partial charge in [0.2, 0.25) is 11.8 Å². The normalized spacial score (nSPS) is 25.3. The van der Waals surface area contributed by atoms with Gasteiger partial charge >= 0.3 is 5.97 Å². The quantitative estimate of drug-likeness (QED) is 0.185. The third kappa shape index (κ3) is 6.93. The average molecular weight is 688 g/mol. The molecule has 0 aromatic heterocycles. The van der Waals surface area contributed by atoms with Gasteiger partial charge < -0.3 is 34.4 Å². The van der Waals surface area contributed by atoms with Crippen molar-refractivity contribution in [2.75, 3.05) is 31.7 Å². The second-order valence-corrected chi connectivity index (χ2v) is 13.3. The molecule has 5 rings (SSSR count). The molecular formula is C39H49N3O8. The van der Waals surface area contributed by atoms with E-state index in [4.69, 9.17) is 14.2 Å². The molecule has 2 N–H and O–H groups in total. The Balaban J connectivity index is 1.51. The summed E-state index contributed by atoms with van der Waals surface area (Å²) in [6, 6.07) is 14.4. The number of amides is 3. The maximum atomic E-state index is 14.9. The molecule has 3 fully saturated rings. The number of hydrogen-bond donors (Lipinski definition) is 2. The van der Waals surface area contributed by atoms with Crippen LogP contribution in [0.2, 0.25) is 0 Å². The number of esters is 1. The van der Waals surface area contributed by atoms with Gasteiger partial charge in [-0.2, -0.15) is 0 Å². The third-order valence-electron chi connectivity index (χ3n) is 10.5. The van der Waals surface area contributed by atoms with Gasteiger partial charge in [0.05, 0.1) is 44.2 Å². The number of carbonyl (C=O) groups is 4. The first kappa shape index (κ1) is 36.8. The van der Waals surface area contributed by atoms with Gasteiger partial charge in [0.15, 0.2) is 0 Å². The maximum Gasteiger partial charge on any atom is 0.313 e. The van der Waals surface area contributed by atoms with Crippen LogP contribution >= 0.6 is 0 Å². The van der Waals surface area contributed by atoms with Gasteiger partial charge in [-0.3, -0.25) is 19.2 Å². The molecule has 3 heterocycles. The number of allylic oxidation sites excluding steroid dienone is 1. The minimum atomic E-state index is -1.31. The SMILES string of the molecule is C=CCCC(=O)NC[C@H](OC(=O)[C@@H]1[C@@H]2CC[C@]3(O2)[C@H](C(=O)N(CC=C)c2ccc(OC)cc2)N([C@@H](CO)[C@@H](C)CC)C(=O)[C@@H]13)c1ccccc1. The maximum absolute atomic E-state index is 14.9. The van der Waals surface area contributed by atoms with Crippen LogP contribution in [0, 0.1) is 17.8 Å². The molecule has 11 heteroatoms.